The van der Waals surface area contributed by atoms with Crippen LogP contribution < -0.4 is 15.7 Å². The molecule has 2 aliphatic rings. The predicted octanol–water partition coefficient (Wildman–Crippen LogP) is 5.02. The van der Waals surface area contributed by atoms with Crippen LogP contribution in [0.1, 0.15) is 75.2 Å². The molecule has 41 heavy (non-hydrogen) atoms. The summed E-state index contributed by atoms with van der Waals surface area (Å²) in [7, 11) is 0. The minimum absolute atomic E-state index is 0.0128. The number of fused-ring (bicyclic) bond motifs is 1. The van der Waals surface area contributed by atoms with Gasteiger partial charge in [-0.1, -0.05) is 18.0 Å². The Balaban J connectivity index is 1.43. The third-order valence-corrected chi connectivity index (χ3v) is 8.22. The first-order valence-electron chi connectivity index (χ1n) is 14.6. The SMILES string of the molecule is CC(C)NC(=O)[C@H]1CC[C@@H](n2/c(=N/C(=O)c3ccc(F)c(Cl)c3)[nH]c3cnc(OCCN4CCCCC4)cc32)CC1. The highest BCUT2D eigenvalue weighted by Crippen LogP contribution is 2.34. The number of likely N-dealkylation sites (tertiary alicyclic amines) is 1. The second kappa shape index (κ2) is 13.2. The normalized spacial score (nSPS) is 20.5. The molecule has 1 aliphatic heterocycles. The number of aromatic amines is 1. The molecule has 1 aliphatic carbocycles. The minimum Gasteiger partial charge on any atom is -0.476 e. The van der Waals surface area contributed by atoms with E-state index < -0.39 is 11.7 Å². The monoisotopic (exact) mass is 584 g/mol. The maximum absolute atomic E-state index is 13.7. The summed E-state index contributed by atoms with van der Waals surface area (Å²) in [6, 6.07) is 5.81. The van der Waals surface area contributed by atoms with Crippen molar-refractivity contribution in [2.45, 2.75) is 70.9 Å². The van der Waals surface area contributed by atoms with Gasteiger partial charge in [0.25, 0.3) is 5.91 Å². The van der Waals surface area contributed by atoms with Crippen LogP contribution in [-0.2, 0) is 4.79 Å². The Labute approximate surface area is 244 Å². The molecule has 1 saturated heterocycles. The maximum atomic E-state index is 13.7. The number of imidazole rings is 1. The molecule has 3 aromatic rings. The molecule has 3 heterocycles. The highest BCUT2D eigenvalue weighted by atomic mass is 35.5. The standard InChI is InChI=1S/C30H38ClFN6O3/c1-19(2)34-28(39)20-6-9-22(10-7-20)38-26-17-27(41-15-14-37-12-4-3-5-13-37)33-18-25(26)35-30(38)36-29(40)21-8-11-24(32)23(31)16-21/h8,11,16-20,22H,3-7,9-10,12-15H2,1-2H3,(H,34,39)(H,35,36,40)/t20-,22+. The Morgan fingerprint density at radius 3 is 2.63 bits per heavy atom. The highest BCUT2D eigenvalue weighted by Gasteiger charge is 2.29. The van der Waals surface area contributed by atoms with Crippen LogP contribution in [0.15, 0.2) is 35.5 Å². The van der Waals surface area contributed by atoms with Gasteiger partial charge in [-0.2, -0.15) is 4.99 Å². The van der Waals surface area contributed by atoms with Gasteiger partial charge in [-0.15, -0.1) is 0 Å². The topological polar surface area (TPSA) is 105 Å². The van der Waals surface area contributed by atoms with E-state index in [-0.39, 0.29) is 34.5 Å². The van der Waals surface area contributed by atoms with Gasteiger partial charge >= 0.3 is 0 Å². The molecule has 2 fully saturated rings. The van der Waals surface area contributed by atoms with Crippen LogP contribution in [0, 0.1) is 11.7 Å². The number of nitrogens with zero attached hydrogens (tertiary/aromatic N) is 4. The lowest BCUT2D eigenvalue weighted by atomic mass is 9.85. The summed E-state index contributed by atoms with van der Waals surface area (Å²) < 4.78 is 21.8. The summed E-state index contributed by atoms with van der Waals surface area (Å²) in [6.07, 6.45) is 8.40. The average molecular weight is 585 g/mol. The van der Waals surface area contributed by atoms with Crippen molar-refractivity contribution >= 4 is 34.4 Å². The number of benzene rings is 1. The van der Waals surface area contributed by atoms with Gasteiger partial charge in [0.1, 0.15) is 12.4 Å². The van der Waals surface area contributed by atoms with E-state index in [1.807, 2.05) is 24.5 Å². The second-order valence-electron chi connectivity index (χ2n) is 11.3. The van der Waals surface area contributed by atoms with Crippen LogP contribution in [0.2, 0.25) is 5.02 Å². The smallest absolute Gasteiger partial charge is 0.280 e. The molecule has 9 nitrogen and oxygen atoms in total. The van der Waals surface area contributed by atoms with E-state index in [9.17, 15) is 14.0 Å². The van der Waals surface area contributed by atoms with Crippen molar-refractivity contribution in [2.75, 3.05) is 26.2 Å². The third-order valence-electron chi connectivity index (χ3n) is 7.93. The van der Waals surface area contributed by atoms with Crippen molar-refractivity contribution in [2.24, 2.45) is 10.9 Å². The fourth-order valence-electron chi connectivity index (χ4n) is 5.80. The van der Waals surface area contributed by atoms with E-state index in [4.69, 9.17) is 16.3 Å². The average Bonchev–Trinajstić information content (AvgIpc) is 3.31. The fraction of sp³-hybridized carbons (Fsp3) is 0.533. The molecule has 1 aromatic carbocycles. The van der Waals surface area contributed by atoms with Gasteiger partial charge in [0.15, 0.2) is 0 Å². The number of piperidine rings is 1. The summed E-state index contributed by atoms with van der Waals surface area (Å²) in [5.74, 6) is -0.581. The van der Waals surface area contributed by atoms with Crippen LogP contribution in [0.25, 0.3) is 11.0 Å². The quantitative estimate of drug-likeness (QED) is 0.387. The van der Waals surface area contributed by atoms with Crippen molar-refractivity contribution in [3.8, 4) is 5.88 Å². The molecule has 5 rings (SSSR count). The number of carbonyl (C=O) groups excluding carboxylic acids is 2. The number of nitrogens with one attached hydrogen (secondary N) is 2. The van der Waals surface area contributed by atoms with Gasteiger partial charge in [0, 0.05) is 36.2 Å². The first-order chi connectivity index (χ1) is 19.8. The van der Waals surface area contributed by atoms with E-state index in [2.05, 4.69) is 25.2 Å². The van der Waals surface area contributed by atoms with Crippen molar-refractivity contribution in [3.63, 3.8) is 0 Å². The van der Waals surface area contributed by atoms with Crippen molar-refractivity contribution in [1.29, 1.82) is 0 Å². The zero-order valence-corrected chi connectivity index (χ0v) is 24.4. The molecule has 0 bridgehead atoms. The molecule has 2 N–H and O–H groups in total. The van der Waals surface area contributed by atoms with Crippen molar-refractivity contribution in [3.05, 3.63) is 52.5 Å². The third kappa shape index (κ3) is 7.16. The van der Waals surface area contributed by atoms with E-state index in [1.54, 1.807) is 6.20 Å². The number of aromatic nitrogens is 3. The van der Waals surface area contributed by atoms with Crippen LogP contribution >= 0.6 is 11.6 Å². The number of ether oxygens (including phenoxy) is 1. The zero-order chi connectivity index (χ0) is 28.9. The Morgan fingerprint density at radius 2 is 1.93 bits per heavy atom. The van der Waals surface area contributed by atoms with Gasteiger partial charge in [-0.3, -0.25) is 14.5 Å². The van der Waals surface area contributed by atoms with Crippen LogP contribution in [0.3, 0.4) is 0 Å². The van der Waals surface area contributed by atoms with Gasteiger partial charge in [-0.25, -0.2) is 9.37 Å². The highest BCUT2D eigenvalue weighted by molar-refractivity contribution is 6.31. The Morgan fingerprint density at radius 1 is 1.17 bits per heavy atom. The number of halogens is 2. The molecular weight excluding hydrogens is 547 g/mol. The van der Waals surface area contributed by atoms with Crippen LogP contribution in [-0.4, -0.2) is 63.5 Å². The van der Waals surface area contributed by atoms with Crippen LogP contribution in [0.5, 0.6) is 5.88 Å². The van der Waals surface area contributed by atoms with E-state index >= 15 is 0 Å². The molecule has 0 radical (unpaired) electrons. The number of hydrogen-bond donors (Lipinski definition) is 2. The number of amides is 2. The lowest BCUT2D eigenvalue weighted by Crippen LogP contribution is -2.38. The maximum Gasteiger partial charge on any atom is 0.280 e. The van der Waals surface area contributed by atoms with Crippen molar-refractivity contribution in [1.82, 2.24) is 24.8 Å². The zero-order valence-electron chi connectivity index (χ0n) is 23.7. The molecule has 11 heteroatoms. The summed E-state index contributed by atoms with van der Waals surface area (Å²) in [4.78, 5) is 40.3. The van der Waals surface area contributed by atoms with Crippen LogP contribution in [0.4, 0.5) is 4.39 Å². The number of hydrogen-bond acceptors (Lipinski definition) is 5. The summed E-state index contributed by atoms with van der Waals surface area (Å²) in [5.41, 5.74) is 2.10. The first-order valence-corrected chi connectivity index (χ1v) is 15.0. The van der Waals surface area contributed by atoms with Gasteiger partial charge < -0.3 is 19.6 Å². The summed E-state index contributed by atoms with van der Waals surface area (Å²) >= 11 is 5.92. The minimum atomic E-state index is -0.596. The molecule has 0 atom stereocenters. The summed E-state index contributed by atoms with van der Waals surface area (Å²) in [5, 5.41) is 2.89. The lowest BCUT2D eigenvalue weighted by Gasteiger charge is -2.29. The lowest BCUT2D eigenvalue weighted by molar-refractivity contribution is -0.126. The van der Waals surface area contributed by atoms with Gasteiger partial charge in [-0.05, 0) is 83.7 Å². The first kappa shape index (κ1) is 29.3. The Bertz CT molecular complexity index is 1450. The van der Waals surface area contributed by atoms with Crippen molar-refractivity contribution < 1.29 is 18.7 Å². The molecule has 2 aromatic heterocycles. The van der Waals surface area contributed by atoms with E-state index in [0.717, 1.165) is 62.4 Å². The van der Waals surface area contributed by atoms with E-state index in [1.165, 1.54) is 31.4 Å². The Kier molecular flexibility index (Phi) is 9.39. The molecule has 0 spiro atoms. The summed E-state index contributed by atoms with van der Waals surface area (Å²) in [6.45, 7) is 7.52. The number of carbonyl (C=O) groups is 2. The number of rotatable bonds is 8. The number of H-pyrrole nitrogens is 1. The van der Waals surface area contributed by atoms with Gasteiger partial charge in [0.2, 0.25) is 17.4 Å². The largest absolute Gasteiger partial charge is 0.476 e. The van der Waals surface area contributed by atoms with E-state index in [0.29, 0.717) is 18.1 Å². The molecule has 1 saturated carbocycles. The molecule has 220 valence electrons. The molecule has 0 unspecified atom stereocenters. The second-order valence-corrected chi connectivity index (χ2v) is 11.7. The molecular formula is C30H38ClFN6O3. The Hall–Kier alpha value is -3.24. The fourth-order valence-corrected chi connectivity index (χ4v) is 5.98. The molecule has 2 amide bonds. The predicted molar refractivity (Wildman–Crippen MR) is 155 cm³/mol. The number of pyridine rings is 1. The van der Waals surface area contributed by atoms with Gasteiger partial charge in [0.05, 0.1) is 22.3 Å².